The fourth-order valence-corrected chi connectivity index (χ4v) is 5.46. The van der Waals surface area contributed by atoms with Gasteiger partial charge in [-0.1, -0.05) is 6.07 Å². The molecule has 0 radical (unpaired) electrons. The number of aromatic nitrogens is 2. The SMILES string of the molecule is O=C(c1cc(Cc2n[nH]c(=O)c3c2CCCC3)ccc1F)N1CCC(C(=O)N2CCOCC2)CC1. The number of likely N-dealkylation sites (tertiary alicyclic amines) is 1. The lowest BCUT2D eigenvalue weighted by molar-refractivity contribution is -0.141. The molecule has 35 heavy (non-hydrogen) atoms. The summed E-state index contributed by atoms with van der Waals surface area (Å²) in [6.07, 6.45) is 5.15. The molecule has 2 aliphatic heterocycles. The van der Waals surface area contributed by atoms with E-state index in [1.807, 2.05) is 4.90 Å². The van der Waals surface area contributed by atoms with Crippen LogP contribution in [0.5, 0.6) is 0 Å². The molecule has 5 rings (SSSR count). The van der Waals surface area contributed by atoms with Crippen LogP contribution >= 0.6 is 0 Å². The minimum Gasteiger partial charge on any atom is -0.378 e. The summed E-state index contributed by atoms with van der Waals surface area (Å²) in [4.78, 5) is 41.6. The molecule has 2 fully saturated rings. The predicted octanol–water partition coefficient (Wildman–Crippen LogP) is 2.09. The maximum absolute atomic E-state index is 14.7. The number of halogens is 1. The van der Waals surface area contributed by atoms with E-state index < -0.39 is 5.82 Å². The molecule has 3 heterocycles. The summed E-state index contributed by atoms with van der Waals surface area (Å²) >= 11 is 0. The minimum atomic E-state index is -0.554. The van der Waals surface area contributed by atoms with Crippen LogP contribution < -0.4 is 5.56 Å². The summed E-state index contributed by atoms with van der Waals surface area (Å²) in [6.45, 7) is 3.22. The van der Waals surface area contributed by atoms with Gasteiger partial charge >= 0.3 is 0 Å². The lowest BCUT2D eigenvalue weighted by atomic mass is 9.90. The molecule has 1 aromatic carbocycles. The fourth-order valence-electron chi connectivity index (χ4n) is 5.46. The van der Waals surface area contributed by atoms with Gasteiger partial charge in [0.1, 0.15) is 5.82 Å². The van der Waals surface area contributed by atoms with E-state index >= 15 is 0 Å². The number of piperidine rings is 1. The van der Waals surface area contributed by atoms with Gasteiger partial charge in [0.25, 0.3) is 11.5 Å². The molecule has 0 unspecified atom stereocenters. The Morgan fingerprint density at radius 2 is 1.74 bits per heavy atom. The van der Waals surface area contributed by atoms with E-state index in [0.717, 1.165) is 48.1 Å². The third-order valence-corrected chi connectivity index (χ3v) is 7.47. The van der Waals surface area contributed by atoms with Gasteiger partial charge in [-0.05, 0) is 61.8 Å². The van der Waals surface area contributed by atoms with Crippen molar-refractivity contribution in [3.63, 3.8) is 0 Å². The Morgan fingerprint density at radius 3 is 2.49 bits per heavy atom. The number of fused-ring (bicyclic) bond motifs is 1. The lowest BCUT2D eigenvalue weighted by Gasteiger charge is -2.35. The third kappa shape index (κ3) is 5.00. The van der Waals surface area contributed by atoms with Gasteiger partial charge in [-0.25, -0.2) is 9.49 Å². The third-order valence-electron chi connectivity index (χ3n) is 7.47. The highest BCUT2D eigenvalue weighted by atomic mass is 19.1. The highest BCUT2D eigenvalue weighted by molar-refractivity contribution is 5.95. The molecule has 2 aromatic rings. The number of amides is 2. The van der Waals surface area contributed by atoms with Gasteiger partial charge in [-0.2, -0.15) is 5.10 Å². The molecule has 8 nitrogen and oxygen atoms in total. The monoisotopic (exact) mass is 482 g/mol. The Hall–Kier alpha value is -3.07. The quantitative estimate of drug-likeness (QED) is 0.720. The molecular weight excluding hydrogens is 451 g/mol. The van der Waals surface area contributed by atoms with Crippen LogP contribution in [0.4, 0.5) is 4.39 Å². The molecule has 2 amide bonds. The number of nitrogens with one attached hydrogen (secondary N) is 1. The lowest BCUT2D eigenvalue weighted by Crippen LogP contribution is -2.47. The number of aromatic amines is 1. The number of rotatable bonds is 4. The van der Waals surface area contributed by atoms with Gasteiger partial charge in [0.2, 0.25) is 5.91 Å². The molecule has 0 saturated carbocycles. The Labute approximate surface area is 203 Å². The Bertz CT molecular complexity index is 1170. The Balaban J connectivity index is 1.27. The zero-order valence-electron chi connectivity index (χ0n) is 19.9. The van der Waals surface area contributed by atoms with Crippen LogP contribution in [0.25, 0.3) is 0 Å². The largest absolute Gasteiger partial charge is 0.378 e. The maximum atomic E-state index is 14.7. The van der Waals surface area contributed by atoms with Crippen molar-refractivity contribution >= 4 is 11.8 Å². The number of carbonyl (C=O) groups is 2. The second kappa shape index (κ2) is 10.3. The van der Waals surface area contributed by atoms with Crippen molar-refractivity contribution in [2.45, 2.75) is 44.9 Å². The number of nitrogens with zero attached hydrogens (tertiary/aromatic N) is 3. The van der Waals surface area contributed by atoms with Crippen molar-refractivity contribution in [3.8, 4) is 0 Å². The van der Waals surface area contributed by atoms with Crippen molar-refractivity contribution in [3.05, 3.63) is 62.3 Å². The highest BCUT2D eigenvalue weighted by Crippen LogP contribution is 2.25. The van der Waals surface area contributed by atoms with E-state index in [-0.39, 0.29) is 28.9 Å². The first-order valence-corrected chi connectivity index (χ1v) is 12.5. The van der Waals surface area contributed by atoms with Crippen LogP contribution in [-0.2, 0) is 28.8 Å². The second-order valence-electron chi connectivity index (χ2n) is 9.66. The van der Waals surface area contributed by atoms with Crippen LogP contribution in [-0.4, -0.2) is 71.2 Å². The van der Waals surface area contributed by atoms with E-state index in [2.05, 4.69) is 10.2 Å². The first-order valence-electron chi connectivity index (χ1n) is 12.5. The topological polar surface area (TPSA) is 95.6 Å². The molecule has 0 atom stereocenters. The van der Waals surface area contributed by atoms with E-state index in [0.29, 0.717) is 58.7 Å². The van der Waals surface area contributed by atoms with Crippen molar-refractivity contribution < 1.29 is 18.7 Å². The van der Waals surface area contributed by atoms with Gasteiger partial charge in [-0.15, -0.1) is 0 Å². The van der Waals surface area contributed by atoms with Gasteiger partial charge in [0, 0.05) is 44.1 Å². The zero-order chi connectivity index (χ0) is 24.4. The van der Waals surface area contributed by atoms with Gasteiger partial charge in [-0.3, -0.25) is 14.4 Å². The highest BCUT2D eigenvalue weighted by Gasteiger charge is 2.32. The average Bonchev–Trinajstić information content (AvgIpc) is 2.91. The zero-order valence-corrected chi connectivity index (χ0v) is 19.9. The van der Waals surface area contributed by atoms with Crippen molar-refractivity contribution in [1.29, 1.82) is 0 Å². The van der Waals surface area contributed by atoms with E-state index in [4.69, 9.17) is 4.74 Å². The summed E-state index contributed by atoms with van der Waals surface area (Å²) in [6, 6.07) is 4.60. The first-order chi connectivity index (χ1) is 17.0. The number of ether oxygens (including phenoxy) is 1. The molecular formula is C26H31FN4O4. The normalized spacial score (nSPS) is 18.9. The molecule has 0 bridgehead atoms. The number of hydrogen-bond donors (Lipinski definition) is 1. The average molecular weight is 483 g/mol. The van der Waals surface area contributed by atoms with E-state index in [1.165, 1.54) is 6.07 Å². The van der Waals surface area contributed by atoms with E-state index in [9.17, 15) is 18.8 Å². The first kappa shape index (κ1) is 23.7. The van der Waals surface area contributed by atoms with Crippen LogP contribution in [0.1, 0.15) is 58.4 Å². The summed E-state index contributed by atoms with van der Waals surface area (Å²) in [5.74, 6) is -0.879. The molecule has 1 aliphatic carbocycles. The molecule has 1 N–H and O–H groups in total. The van der Waals surface area contributed by atoms with Gasteiger partial charge < -0.3 is 14.5 Å². The molecule has 0 spiro atoms. The Morgan fingerprint density at radius 1 is 1.03 bits per heavy atom. The minimum absolute atomic E-state index is 0.0405. The molecule has 186 valence electrons. The standard InChI is InChI=1S/C26H31FN4O4/c27-22-6-5-17(16-23-19-3-1-2-4-20(19)24(32)29-28-23)15-21(22)26(34)30-9-7-18(8-10-30)25(33)31-11-13-35-14-12-31/h5-6,15,18H,1-4,7-14,16H2,(H,29,32). The van der Waals surface area contributed by atoms with Crippen molar-refractivity contribution in [1.82, 2.24) is 20.0 Å². The van der Waals surface area contributed by atoms with Crippen molar-refractivity contribution in [2.24, 2.45) is 5.92 Å². The van der Waals surface area contributed by atoms with Crippen LogP contribution in [0, 0.1) is 11.7 Å². The smallest absolute Gasteiger partial charge is 0.267 e. The second-order valence-corrected chi connectivity index (χ2v) is 9.66. The number of benzene rings is 1. The number of carbonyl (C=O) groups excluding carboxylic acids is 2. The Kier molecular flexibility index (Phi) is 6.95. The molecule has 3 aliphatic rings. The van der Waals surface area contributed by atoms with Gasteiger partial charge in [0.15, 0.2) is 0 Å². The summed E-state index contributed by atoms with van der Waals surface area (Å²) in [7, 11) is 0. The van der Waals surface area contributed by atoms with Gasteiger partial charge in [0.05, 0.1) is 24.5 Å². The maximum Gasteiger partial charge on any atom is 0.267 e. The number of morpholine rings is 1. The van der Waals surface area contributed by atoms with Crippen molar-refractivity contribution in [2.75, 3.05) is 39.4 Å². The number of hydrogen-bond acceptors (Lipinski definition) is 5. The van der Waals surface area contributed by atoms with Crippen LogP contribution in [0.3, 0.4) is 0 Å². The number of H-pyrrole nitrogens is 1. The predicted molar refractivity (Wildman–Crippen MR) is 127 cm³/mol. The molecule has 2 saturated heterocycles. The van der Waals surface area contributed by atoms with Crippen LogP contribution in [0.2, 0.25) is 0 Å². The summed E-state index contributed by atoms with van der Waals surface area (Å²) in [5, 5.41) is 6.86. The molecule has 1 aromatic heterocycles. The van der Waals surface area contributed by atoms with E-state index in [1.54, 1.807) is 17.0 Å². The van der Waals surface area contributed by atoms with Crippen LogP contribution in [0.15, 0.2) is 23.0 Å². The fraction of sp³-hybridized carbons (Fsp3) is 0.538. The summed E-state index contributed by atoms with van der Waals surface area (Å²) < 4.78 is 20.0. The summed E-state index contributed by atoms with van der Waals surface area (Å²) in [5.41, 5.74) is 3.26. The molecule has 9 heteroatoms.